The molecule has 0 aliphatic carbocycles. The summed E-state index contributed by atoms with van der Waals surface area (Å²) in [5.41, 5.74) is 8.45. The molecule has 1 aromatic heterocycles. The van der Waals surface area contributed by atoms with Crippen molar-refractivity contribution in [1.82, 2.24) is 10.2 Å². The Balaban J connectivity index is 1.83. The molecule has 3 rings (SSSR count). The van der Waals surface area contributed by atoms with Gasteiger partial charge in [0.15, 0.2) is 0 Å². The van der Waals surface area contributed by atoms with E-state index in [9.17, 15) is 0 Å². The maximum atomic E-state index is 5.72. The fourth-order valence-electron chi connectivity index (χ4n) is 2.20. The average molecular weight is 244 g/mol. The third-order valence-electron chi connectivity index (χ3n) is 3.22. The van der Waals surface area contributed by atoms with Gasteiger partial charge in [-0.15, -0.1) is 5.10 Å². The van der Waals surface area contributed by atoms with Gasteiger partial charge in [0, 0.05) is 13.1 Å². The normalized spacial score (nSPS) is 16.4. The lowest BCUT2D eigenvalue weighted by atomic mass is 10.0. The molecule has 1 atom stereocenters. The van der Waals surface area contributed by atoms with Gasteiger partial charge < -0.3 is 15.1 Å². The monoisotopic (exact) mass is 244 g/mol. The van der Waals surface area contributed by atoms with Crippen molar-refractivity contribution >= 4 is 6.01 Å². The number of fused-ring (bicyclic) bond motifs is 1. The molecule has 2 aromatic rings. The van der Waals surface area contributed by atoms with E-state index in [0.29, 0.717) is 11.9 Å². The van der Waals surface area contributed by atoms with Crippen molar-refractivity contribution in [2.45, 2.75) is 25.9 Å². The zero-order valence-corrected chi connectivity index (χ0v) is 10.3. The molecule has 5 nitrogen and oxygen atoms in total. The van der Waals surface area contributed by atoms with E-state index >= 15 is 0 Å². The fourth-order valence-corrected chi connectivity index (χ4v) is 2.20. The van der Waals surface area contributed by atoms with Gasteiger partial charge in [-0.2, -0.15) is 0 Å². The highest BCUT2D eigenvalue weighted by atomic mass is 16.4. The van der Waals surface area contributed by atoms with Crippen molar-refractivity contribution in [3.8, 4) is 0 Å². The first kappa shape index (κ1) is 11.2. The quantitative estimate of drug-likeness (QED) is 0.870. The lowest BCUT2D eigenvalue weighted by Gasteiger charge is -2.26. The molecule has 0 bridgehead atoms. The van der Waals surface area contributed by atoms with E-state index in [-0.39, 0.29) is 6.04 Å². The standard InChI is InChI=1S/C13H16N4O/c1-9(14)12-15-16-13(18-12)17-7-6-10-4-2-3-5-11(10)8-17/h2-5,9H,6-8,14H2,1H3. The summed E-state index contributed by atoms with van der Waals surface area (Å²) in [5.74, 6) is 0.490. The Morgan fingerprint density at radius 2 is 2.06 bits per heavy atom. The number of anilines is 1. The van der Waals surface area contributed by atoms with Crippen LogP contribution in [0, 0.1) is 0 Å². The minimum absolute atomic E-state index is 0.219. The van der Waals surface area contributed by atoms with Gasteiger partial charge in [-0.05, 0) is 24.5 Å². The SMILES string of the molecule is CC(N)c1nnc(N2CCc3ccccc3C2)o1. The highest BCUT2D eigenvalue weighted by molar-refractivity contribution is 5.37. The Bertz CT molecular complexity index is 549. The Labute approximate surface area is 106 Å². The van der Waals surface area contributed by atoms with Gasteiger partial charge in [0.2, 0.25) is 5.89 Å². The van der Waals surface area contributed by atoms with Crippen LogP contribution >= 0.6 is 0 Å². The Kier molecular flexibility index (Phi) is 2.76. The van der Waals surface area contributed by atoms with Crippen molar-refractivity contribution in [3.05, 3.63) is 41.3 Å². The van der Waals surface area contributed by atoms with E-state index in [2.05, 4.69) is 39.4 Å². The van der Waals surface area contributed by atoms with Crippen molar-refractivity contribution < 1.29 is 4.42 Å². The molecular formula is C13H16N4O. The van der Waals surface area contributed by atoms with Gasteiger partial charge in [-0.25, -0.2) is 0 Å². The van der Waals surface area contributed by atoms with Crippen LogP contribution < -0.4 is 10.6 Å². The van der Waals surface area contributed by atoms with Crippen molar-refractivity contribution in [1.29, 1.82) is 0 Å². The van der Waals surface area contributed by atoms with E-state index in [4.69, 9.17) is 10.2 Å². The second-order valence-corrected chi connectivity index (χ2v) is 4.65. The number of aromatic nitrogens is 2. The lowest BCUT2D eigenvalue weighted by Crippen LogP contribution is -2.30. The Morgan fingerprint density at radius 3 is 2.78 bits per heavy atom. The van der Waals surface area contributed by atoms with Crippen LogP contribution in [0.5, 0.6) is 0 Å². The molecule has 0 saturated carbocycles. The Morgan fingerprint density at radius 1 is 1.28 bits per heavy atom. The number of nitrogens with zero attached hydrogens (tertiary/aromatic N) is 3. The van der Waals surface area contributed by atoms with Crippen LogP contribution in [0.25, 0.3) is 0 Å². The topological polar surface area (TPSA) is 68.2 Å². The van der Waals surface area contributed by atoms with Gasteiger partial charge in [-0.1, -0.05) is 29.4 Å². The highest BCUT2D eigenvalue weighted by Crippen LogP contribution is 2.24. The third kappa shape index (κ3) is 1.97. The second-order valence-electron chi connectivity index (χ2n) is 4.65. The van der Waals surface area contributed by atoms with E-state index in [0.717, 1.165) is 19.5 Å². The first-order chi connectivity index (χ1) is 8.74. The van der Waals surface area contributed by atoms with Gasteiger partial charge in [0.05, 0.1) is 6.04 Å². The molecule has 0 radical (unpaired) electrons. The molecule has 18 heavy (non-hydrogen) atoms. The molecule has 1 unspecified atom stereocenters. The van der Waals surface area contributed by atoms with Gasteiger partial charge in [0.1, 0.15) is 0 Å². The van der Waals surface area contributed by atoms with Crippen molar-refractivity contribution in [2.24, 2.45) is 5.73 Å². The summed E-state index contributed by atoms with van der Waals surface area (Å²) in [4.78, 5) is 2.10. The molecule has 0 spiro atoms. The molecule has 2 N–H and O–H groups in total. The number of hydrogen-bond acceptors (Lipinski definition) is 5. The molecule has 94 valence electrons. The molecule has 2 heterocycles. The minimum Gasteiger partial charge on any atom is -0.406 e. The number of nitrogens with two attached hydrogens (primary N) is 1. The second kappa shape index (κ2) is 4.42. The van der Waals surface area contributed by atoms with E-state index in [1.807, 2.05) is 6.92 Å². The maximum absolute atomic E-state index is 5.72. The van der Waals surface area contributed by atoms with Crippen molar-refractivity contribution in [3.63, 3.8) is 0 Å². The summed E-state index contributed by atoms with van der Waals surface area (Å²) in [6, 6.07) is 8.80. The molecule has 1 aliphatic rings. The van der Waals surface area contributed by atoms with Crippen LogP contribution in [-0.4, -0.2) is 16.7 Å². The van der Waals surface area contributed by atoms with E-state index in [1.165, 1.54) is 11.1 Å². The van der Waals surface area contributed by atoms with Crippen LogP contribution in [0.4, 0.5) is 6.01 Å². The number of hydrogen-bond donors (Lipinski definition) is 1. The highest BCUT2D eigenvalue weighted by Gasteiger charge is 2.21. The predicted molar refractivity (Wildman–Crippen MR) is 68.1 cm³/mol. The summed E-state index contributed by atoms with van der Waals surface area (Å²) in [6.07, 6.45) is 1.01. The molecule has 5 heteroatoms. The molecule has 0 saturated heterocycles. The van der Waals surface area contributed by atoms with Gasteiger partial charge in [-0.3, -0.25) is 0 Å². The fraction of sp³-hybridized carbons (Fsp3) is 0.385. The summed E-state index contributed by atoms with van der Waals surface area (Å²) >= 11 is 0. The van der Waals surface area contributed by atoms with Gasteiger partial charge >= 0.3 is 6.01 Å². The van der Waals surface area contributed by atoms with Crippen molar-refractivity contribution in [2.75, 3.05) is 11.4 Å². The predicted octanol–water partition coefficient (Wildman–Crippen LogP) is 1.65. The molecule has 1 aromatic carbocycles. The van der Waals surface area contributed by atoms with Crippen LogP contribution in [0.3, 0.4) is 0 Å². The smallest absolute Gasteiger partial charge is 0.318 e. The zero-order chi connectivity index (χ0) is 12.5. The van der Waals surface area contributed by atoms with E-state index < -0.39 is 0 Å². The minimum atomic E-state index is -0.219. The third-order valence-corrected chi connectivity index (χ3v) is 3.22. The summed E-state index contributed by atoms with van der Waals surface area (Å²) in [6.45, 7) is 3.55. The van der Waals surface area contributed by atoms with Crippen LogP contribution in [-0.2, 0) is 13.0 Å². The number of rotatable bonds is 2. The summed E-state index contributed by atoms with van der Waals surface area (Å²) in [7, 11) is 0. The van der Waals surface area contributed by atoms with Gasteiger partial charge in [0.25, 0.3) is 0 Å². The van der Waals surface area contributed by atoms with Crippen LogP contribution in [0.1, 0.15) is 30.0 Å². The van der Waals surface area contributed by atoms with Crippen LogP contribution in [0.15, 0.2) is 28.7 Å². The first-order valence-electron chi connectivity index (χ1n) is 6.15. The molecule has 0 amide bonds. The summed E-state index contributed by atoms with van der Waals surface area (Å²) in [5, 5.41) is 8.03. The molecular weight excluding hydrogens is 228 g/mol. The zero-order valence-electron chi connectivity index (χ0n) is 10.3. The first-order valence-corrected chi connectivity index (χ1v) is 6.15. The van der Waals surface area contributed by atoms with E-state index in [1.54, 1.807) is 0 Å². The summed E-state index contributed by atoms with van der Waals surface area (Å²) < 4.78 is 5.58. The Hall–Kier alpha value is -1.88. The van der Waals surface area contributed by atoms with Crippen LogP contribution in [0.2, 0.25) is 0 Å². The molecule has 1 aliphatic heterocycles. The maximum Gasteiger partial charge on any atom is 0.318 e. The largest absolute Gasteiger partial charge is 0.406 e. The lowest BCUT2D eigenvalue weighted by molar-refractivity contribution is 0.452. The number of benzene rings is 1. The average Bonchev–Trinajstić information content (AvgIpc) is 2.88. The molecule has 0 fully saturated rings.